The van der Waals surface area contributed by atoms with E-state index in [1.807, 2.05) is 6.92 Å². The molecular formula is C13H17ClN6O. The summed E-state index contributed by atoms with van der Waals surface area (Å²) in [5.41, 5.74) is 6.30. The van der Waals surface area contributed by atoms with E-state index in [0.29, 0.717) is 17.5 Å². The maximum atomic E-state index is 11.5. The lowest BCUT2D eigenvalue weighted by Gasteiger charge is -2.39. The number of piperidine rings is 1. The third kappa shape index (κ3) is 2.31. The van der Waals surface area contributed by atoms with Crippen molar-refractivity contribution >= 4 is 29.1 Å². The van der Waals surface area contributed by atoms with Crippen LogP contribution in [-0.4, -0.2) is 38.1 Å². The number of aromatic nitrogens is 4. The van der Waals surface area contributed by atoms with Crippen molar-refractivity contribution in [3.8, 4) is 0 Å². The lowest BCUT2D eigenvalue weighted by molar-refractivity contribution is -0.122. The fourth-order valence-electron chi connectivity index (χ4n) is 2.86. The molecule has 2 aromatic rings. The van der Waals surface area contributed by atoms with Gasteiger partial charge in [0.1, 0.15) is 17.3 Å². The lowest BCUT2D eigenvalue weighted by atomic mass is 9.92. The van der Waals surface area contributed by atoms with Gasteiger partial charge in [0.25, 0.3) is 5.78 Å². The van der Waals surface area contributed by atoms with Gasteiger partial charge in [-0.1, -0.05) is 11.6 Å². The minimum absolute atomic E-state index is 0.161. The van der Waals surface area contributed by atoms with Crippen molar-refractivity contribution in [2.75, 3.05) is 11.4 Å². The average molecular weight is 309 g/mol. The summed E-state index contributed by atoms with van der Waals surface area (Å²) >= 11 is 6.21. The highest BCUT2D eigenvalue weighted by Gasteiger charge is 2.31. The molecule has 0 aliphatic carbocycles. The fourth-order valence-corrected chi connectivity index (χ4v) is 3.02. The predicted molar refractivity (Wildman–Crippen MR) is 79.3 cm³/mol. The molecule has 3 heterocycles. The predicted octanol–water partition coefficient (Wildman–Crippen LogP) is 1.18. The van der Waals surface area contributed by atoms with Crippen LogP contribution in [0.4, 0.5) is 5.82 Å². The zero-order chi connectivity index (χ0) is 15.1. The molecule has 1 aliphatic rings. The maximum Gasteiger partial charge on any atom is 0.255 e. The quantitative estimate of drug-likeness (QED) is 0.841. The molecule has 2 N–H and O–H groups in total. The third-order valence-electron chi connectivity index (χ3n) is 4.13. The molecule has 2 atom stereocenters. The van der Waals surface area contributed by atoms with E-state index in [0.717, 1.165) is 24.2 Å². The van der Waals surface area contributed by atoms with Gasteiger partial charge in [-0.2, -0.15) is 19.6 Å². The first kappa shape index (κ1) is 14.1. The van der Waals surface area contributed by atoms with Crippen LogP contribution in [0.15, 0.2) is 6.33 Å². The van der Waals surface area contributed by atoms with Gasteiger partial charge < -0.3 is 10.6 Å². The van der Waals surface area contributed by atoms with Crippen molar-refractivity contribution in [2.24, 2.45) is 11.7 Å². The first-order valence-electron chi connectivity index (χ1n) is 6.91. The molecule has 1 amide bonds. The van der Waals surface area contributed by atoms with Crippen LogP contribution in [0.1, 0.15) is 25.3 Å². The van der Waals surface area contributed by atoms with Gasteiger partial charge in [0.15, 0.2) is 0 Å². The summed E-state index contributed by atoms with van der Waals surface area (Å²) in [7, 11) is 0. The molecule has 0 aromatic carbocycles. The molecule has 1 fully saturated rings. The van der Waals surface area contributed by atoms with Gasteiger partial charge in [-0.25, -0.2) is 0 Å². The van der Waals surface area contributed by atoms with Crippen LogP contribution >= 0.6 is 11.6 Å². The SMILES string of the molecule is Cc1c(Cl)nc2ncnn2c1N1CC(C(N)=O)CCC1C. The van der Waals surface area contributed by atoms with Crippen LogP contribution < -0.4 is 10.6 Å². The minimum Gasteiger partial charge on any atom is -0.369 e. The number of amides is 1. The van der Waals surface area contributed by atoms with Crippen LogP contribution in [0.5, 0.6) is 0 Å². The van der Waals surface area contributed by atoms with Crippen molar-refractivity contribution in [2.45, 2.75) is 32.7 Å². The van der Waals surface area contributed by atoms with Crippen LogP contribution in [0.3, 0.4) is 0 Å². The molecule has 3 rings (SSSR count). The summed E-state index contributed by atoms with van der Waals surface area (Å²) in [4.78, 5) is 22.0. The number of primary amides is 1. The van der Waals surface area contributed by atoms with Crippen molar-refractivity contribution in [3.05, 3.63) is 17.0 Å². The Kier molecular flexibility index (Phi) is 3.44. The molecule has 0 saturated carbocycles. The van der Waals surface area contributed by atoms with E-state index in [1.165, 1.54) is 6.33 Å². The Balaban J connectivity index is 2.11. The van der Waals surface area contributed by atoms with E-state index in [2.05, 4.69) is 26.9 Å². The maximum absolute atomic E-state index is 11.5. The molecule has 0 radical (unpaired) electrons. The summed E-state index contributed by atoms with van der Waals surface area (Å²) in [5.74, 6) is 0.862. The topological polar surface area (TPSA) is 89.4 Å². The summed E-state index contributed by atoms with van der Waals surface area (Å²) in [6.45, 7) is 4.58. The second-order valence-electron chi connectivity index (χ2n) is 5.50. The van der Waals surface area contributed by atoms with Gasteiger partial charge in [-0.3, -0.25) is 4.79 Å². The Morgan fingerprint density at radius 1 is 1.48 bits per heavy atom. The molecule has 1 aliphatic heterocycles. The molecule has 21 heavy (non-hydrogen) atoms. The molecule has 0 bridgehead atoms. The minimum atomic E-state index is -0.264. The first-order chi connectivity index (χ1) is 9.99. The molecular weight excluding hydrogens is 292 g/mol. The summed E-state index contributed by atoms with van der Waals surface area (Å²) in [6, 6.07) is 0.269. The Morgan fingerprint density at radius 3 is 2.95 bits per heavy atom. The van der Waals surface area contributed by atoms with E-state index in [1.54, 1.807) is 4.52 Å². The van der Waals surface area contributed by atoms with Gasteiger partial charge in [0.05, 0.1) is 5.92 Å². The van der Waals surface area contributed by atoms with Gasteiger partial charge >= 0.3 is 0 Å². The fraction of sp³-hybridized carbons (Fsp3) is 0.538. The lowest BCUT2D eigenvalue weighted by Crippen LogP contribution is -2.47. The van der Waals surface area contributed by atoms with Crippen molar-refractivity contribution in [1.29, 1.82) is 0 Å². The number of carbonyl (C=O) groups is 1. The third-order valence-corrected chi connectivity index (χ3v) is 4.50. The van der Waals surface area contributed by atoms with E-state index < -0.39 is 0 Å². The van der Waals surface area contributed by atoms with E-state index in [4.69, 9.17) is 17.3 Å². The largest absolute Gasteiger partial charge is 0.369 e. The Bertz CT molecular complexity index is 699. The van der Waals surface area contributed by atoms with Gasteiger partial charge in [-0.05, 0) is 26.7 Å². The number of anilines is 1. The smallest absolute Gasteiger partial charge is 0.255 e. The highest BCUT2D eigenvalue weighted by molar-refractivity contribution is 6.30. The van der Waals surface area contributed by atoms with E-state index in [9.17, 15) is 4.79 Å². The van der Waals surface area contributed by atoms with Gasteiger partial charge in [0, 0.05) is 18.2 Å². The summed E-state index contributed by atoms with van der Waals surface area (Å²) in [5, 5.41) is 4.63. The Morgan fingerprint density at radius 2 is 2.24 bits per heavy atom. The van der Waals surface area contributed by atoms with E-state index in [-0.39, 0.29) is 17.9 Å². The number of hydrogen-bond acceptors (Lipinski definition) is 5. The van der Waals surface area contributed by atoms with Gasteiger partial charge in [-0.15, -0.1) is 0 Å². The second kappa shape index (κ2) is 5.14. The summed E-state index contributed by atoms with van der Waals surface area (Å²) in [6.07, 6.45) is 3.15. The number of hydrogen-bond donors (Lipinski definition) is 1. The molecule has 2 aromatic heterocycles. The van der Waals surface area contributed by atoms with E-state index >= 15 is 0 Å². The normalized spacial score (nSPS) is 22.7. The highest BCUT2D eigenvalue weighted by atomic mass is 35.5. The monoisotopic (exact) mass is 308 g/mol. The van der Waals surface area contributed by atoms with Crippen molar-refractivity contribution in [3.63, 3.8) is 0 Å². The second-order valence-corrected chi connectivity index (χ2v) is 5.86. The summed E-state index contributed by atoms with van der Waals surface area (Å²) < 4.78 is 1.67. The van der Waals surface area contributed by atoms with Crippen molar-refractivity contribution < 1.29 is 4.79 Å². The molecule has 112 valence electrons. The number of carbonyl (C=O) groups excluding carboxylic acids is 1. The van der Waals surface area contributed by atoms with Crippen LogP contribution in [0, 0.1) is 12.8 Å². The first-order valence-corrected chi connectivity index (χ1v) is 7.28. The van der Waals surface area contributed by atoms with Crippen molar-refractivity contribution in [1.82, 2.24) is 19.6 Å². The molecule has 7 nitrogen and oxygen atoms in total. The Labute approximate surface area is 127 Å². The molecule has 1 saturated heterocycles. The number of rotatable bonds is 2. The number of fused-ring (bicyclic) bond motifs is 1. The number of nitrogens with zero attached hydrogens (tertiary/aromatic N) is 5. The zero-order valence-corrected chi connectivity index (χ0v) is 12.7. The van der Waals surface area contributed by atoms with Gasteiger partial charge in [0.2, 0.25) is 5.91 Å². The Hall–Kier alpha value is -1.89. The number of halogens is 1. The molecule has 2 unspecified atom stereocenters. The van der Waals surface area contributed by atoms with Crippen LogP contribution in [-0.2, 0) is 4.79 Å². The molecule has 8 heteroatoms. The van der Waals surface area contributed by atoms with Crippen LogP contribution in [0.2, 0.25) is 5.15 Å². The van der Waals surface area contributed by atoms with Crippen LogP contribution in [0.25, 0.3) is 5.78 Å². The number of nitrogens with two attached hydrogens (primary N) is 1. The highest BCUT2D eigenvalue weighted by Crippen LogP contribution is 2.32. The zero-order valence-electron chi connectivity index (χ0n) is 12.0. The average Bonchev–Trinajstić information content (AvgIpc) is 2.88. The standard InChI is InChI=1S/C13H17ClN6O/c1-7-3-4-9(11(15)21)5-19(7)12-8(2)10(14)18-13-16-6-17-20(12)13/h6-7,9H,3-5H2,1-2H3,(H2,15,21). The molecule has 0 spiro atoms.